The fraction of sp³-hybridized carbons (Fsp3) is 0.500. The van der Waals surface area contributed by atoms with Gasteiger partial charge >= 0.3 is 5.97 Å². The normalized spacial score (nSPS) is 19.2. The lowest BCUT2D eigenvalue weighted by Crippen LogP contribution is -2.32. The highest BCUT2D eigenvalue weighted by Gasteiger charge is 2.23. The van der Waals surface area contributed by atoms with Crippen molar-refractivity contribution in [2.24, 2.45) is 0 Å². The van der Waals surface area contributed by atoms with Crippen molar-refractivity contribution >= 4 is 11.9 Å². The molecule has 1 aromatic rings. The van der Waals surface area contributed by atoms with Crippen molar-refractivity contribution < 1.29 is 19.4 Å². The maximum Gasteiger partial charge on any atom is 0.305 e. The number of aliphatic carboxylic acids is 1. The number of rotatable bonds is 6. The molecule has 2 atom stereocenters. The van der Waals surface area contributed by atoms with E-state index in [2.05, 4.69) is 5.32 Å². The van der Waals surface area contributed by atoms with E-state index in [1.54, 1.807) is 0 Å². The van der Waals surface area contributed by atoms with E-state index in [4.69, 9.17) is 9.84 Å². The van der Waals surface area contributed by atoms with E-state index in [0.29, 0.717) is 13.0 Å². The minimum atomic E-state index is -0.930. The van der Waals surface area contributed by atoms with Gasteiger partial charge in [-0.05, 0) is 30.9 Å². The average molecular weight is 291 g/mol. The van der Waals surface area contributed by atoms with E-state index in [9.17, 15) is 9.59 Å². The predicted molar refractivity (Wildman–Crippen MR) is 77.9 cm³/mol. The van der Waals surface area contributed by atoms with Gasteiger partial charge in [-0.25, -0.2) is 0 Å². The van der Waals surface area contributed by atoms with Gasteiger partial charge in [0, 0.05) is 6.61 Å². The summed E-state index contributed by atoms with van der Waals surface area (Å²) in [7, 11) is 0. The zero-order valence-electron chi connectivity index (χ0n) is 12.2. The van der Waals surface area contributed by atoms with Gasteiger partial charge in [0.2, 0.25) is 5.91 Å². The van der Waals surface area contributed by atoms with E-state index in [1.807, 2.05) is 31.2 Å². The second kappa shape index (κ2) is 7.22. The van der Waals surface area contributed by atoms with Crippen LogP contribution in [0.2, 0.25) is 0 Å². The molecular formula is C16H21NO4. The summed E-state index contributed by atoms with van der Waals surface area (Å²) in [6.45, 7) is 2.62. The van der Waals surface area contributed by atoms with Crippen molar-refractivity contribution in [3.63, 3.8) is 0 Å². The van der Waals surface area contributed by atoms with Crippen LogP contribution in [0.4, 0.5) is 0 Å². The van der Waals surface area contributed by atoms with E-state index in [0.717, 1.165) is 24.0 Å². The highest BCUT2D eigenvalue weighted by atomic mass is 16.5. The molecule has 0 spiro atoms. The summed E-state index contributed by atoms with van der Waals surface area (Å²) >= 11 is 0. The molecule has 2 N–H and O–H groups in total. The maximum absolute atomic E-state index is 12.1. The van der Waals surface area contributed by atoms with Gasteiger partial charge in [0.1, 0.15) is 0 Å². The molecule has 0 aliphatic carbocycles. The zero-order chi connectivity index (χ0) is 15.2. The first-order valence-electron chi connectivity index (χ1n) is 7.24. The molecule has 114 valence electrons. The van der Waals surface area contributed by atoms with Gasteiger partial charge in [0.15, 0.2) is 0 Å². The van der Waals surface area contributed by atoms with Gasteiger partial charge in [-0.2, -0.15) is 0 Å². The Morgan fingerprint density at radius 1 is 1.43 bits per heavy atom. The monoisotopic (exact) mass is 291 g/mol. The summed E-state index contributed by atoms with van der Waals surface area (Å²) in [6, 6.07) is 7.01. The average Bonchev–Trinajstić information content (AvgIpc) is 2.90. The fourth-order valence-electron chi connectivity index (χ4n) is 2.66. The van der Waals surface area contributed by atoms with E-state index in [-0.39, 0.29) is 18.4 Å². The maximum atomic E-state index is 12.1. The molecule has 0 saturated carbocycles. The third kappa shape index (κ3) is 4.56. The molecular weight excluding hydrogens is 270 g/mol. The van der Waals surface area contributed by atoms with Crippen molar-refractivity contribution in [1.82, 2.24) is 5.32 Å². The van der Waals surface area contributed by atoms with Crippen LogP contribution < -0.4 is 5.32 Å². The molecule has 5 heteroatoms. The number of nitrogens with one attached hydrogen (secondary N) is 1. The number of ether oxygens (including phenoxy) is 1. The Morgan fingerprint density at radius 3 is 2.81 bits per heavy atom. The lowest BCUT2D eigenvalue weighted by molar-refractivity contribution is -0.137. The third-order valence-electron chi connectivity index (χ3n) is 3.71. The Labute approximate surface area is 124 Å². The third-order valence-corrected chi connectivity index (χ3v) is 3.71. The Kier molecular flexibility index (Phi) is 5.33. The van der Waals surface area contributed by atoms with Gasteiger partial charge in [-0.15, -0.1) is 0 Å². The number of amides is 1. The number of carbonyl (C=O) groups excluding carboxylic acids is 1. The van der Waals surface area contributed by atoms with Gasteiger partial charge in [0.05, 0.1) is 25.0 Å². The number of carboxylic acid groups (broad SMARTS) is 1. The molecule has 0 unspecified atom stereocenters. The van der Waals surface area contributed by atoms with Crippen LogP contribution in [-0.4, -0.2) is 29.7 Å². The SMILES string of the molecule is Cc1ccccc1[C@H](CC(=O)O)NC(=O)C[C@@H]1CCCO1. The van der Waals surface area contributed by atoms with Crippen molar-refractivity contribution in [1.29, 1.82) is 0 Å². The molecule has 0 radical (unpaired) electrons. The second-order valence-electron chi connectivity index (χ2n) is 5.41. The number of benzene rings is 1. The Bertz CT molecular complexity index is 509. The first kappa shape index (κ1) is 15.5. The van der Waals surface area contributed by atoms with Crippen LogP contribution >= 0.6 is 0 Å². The van der Waals surface area contributed by atoms with E-state index in [1.165, 1.54) is 0 Å². The Balaban J connectivity index is 2.04. The smallest absolute Gasteiger partial charge is 0.305 e. The molecule has 0 bridgehead atoms. The van der Waals surface area contributed by atoms with Gasteiger partial charge in [0.25, 0.3) is 0 Å². The van der Waals surface area contributed by atoms with E-state index < -0.39 is 12.0 Å². The first-order chi connectivity index (χ1) is 10.1. The second-order valence-corrected chi connectivity index (χ2v) is 5.41. The Morgan fingerprint density at radius 2 is 2.19 bits per heavy atom. The lowest BCUT2D eigenvalue weighted by atomic mass is 9.98. The molecule has 1 aliphatic rings. The molecule has 5 nitrogen and oxygen atoms in total. The molecule has 1 heterocycles. The molecule has 1 aromatic carbocycles. The van der Waals surface area contributed by atoms with Gasteiger partial charge in [-0.1, -0.05) is 24.3 Å². The quantitative estimate of drug-likeness (QED) is 0.842. The van der Waals surface area contributed by atoms with Crippen LogP contribution in [0.1, 0.15) is 42.9 Å². The first-order valence-corrected chi connectivity index (χ1v) is 7.24. The molecule has 2 rings (SSSR count). The number of hydrogen-bond donors (Lipinski definition) is 2. The summed E-state index contributed by atoms with van der Waals surface area (Å²) in [5.74, 6) is -1.09. The van der Waals surface area contributed by atoms with Gasteiger partial charge in [-0.3, -0.25) is 9.59 Å². The van der Waals surface area contributed by atoms with Gasteiger partial charge < -0.3 is 15.2 Å². The van der Waals surface area contributed by atoms with Crippen molar-refractivity contribution in [2.45, 2.75) is 44.8 Å². The number of carboxylic acids is 1. The molecule has 1 saturated heterocycles. The standard InChI is InChI=1S/C16H21NO4/c1-11-5-2-3-7-13(11)14(10-16(19)20)17-15(18)9-12-6-4-8-21-12/h2-3,5,7,12,14H,4,6,8-10H2,1H3,(H,17,18)(H,19,20)/t12-,14-/m0/s1. The van der Waals surface area contributed by atoms with E-state index >= 15 is 0 Å². The molecule has 1 amide bonds. The predicted octanol–water partition coefficient (Wildman–Crippen LogP) is 2.20. The topological polar surface area (TPSA) is 75.6 Å². The summed E-state index contributed by atoms with van der Waals surface area (Å²) in [4.78, 5) is 23.1. The Hall–Kier alpha value is -1.88. The van der Waals surface area contributed by atoms with Crippen LogP contribution in [0, 0.1) is 6.92 Å². The lowest BCUT2D eigenvalue weighted by Gasteiger charge is -2.20. The van der Waals surface area contributed by atoms with Crippen LogP contribution in [0.3, 0.4) is 0 Å². The van der Waals surface area contributed by atoms with Crippen molar-refractivity contribution in [3.8, 4) is 0 Å². The van der Waals surface area contributed by atoms with Crippen LogP contribution in [0.25, 0.3) is 0 Å². The largest absolute Gasteiger partial charge is 0.481 e. The highest BCUT2D eigenvalue weighted by Crippen LogP contribution is 2.22. The summed E-state index contributed by atoms with van der Waals surface area (Å²) in [6.07, 6.45) is 2.01. The number of aryl methyl sites for hydroxylation is 1. The highest BCUT2D eigenvalue weighted by molar-refractivity contribution is 5.78. The molecule has 21 heavy (non-hydrogen) atoms. The van der Waals surface area contributed by atoms with Crippen molar-refractivity contribution in [2.75, 3.05) is 6.61 Å². The summed E-state index contributed by atoms with van der Waals surface area (Å²) < 4.78 is 5.44. The minimum absolute atomic E-state index is 0.0349. The molecule has 1 fully saturated rings. The number of hydrogen-bond acceptors (Lipinski definition) is 3. The van der Waals surface area contributed by atoms with Crippen LogP contribution in [-0.2, 0) is 14.3 Å². The fourth-order valence-corrected chi connectivity index (χ4v) is 2.66. The minimum Gasteiger partial charge on any atom is -0.481 e. The zero-order valence-corrected chi connectivity index (χ0v) is 12.2. The summed E-state index contributed by atoms with van der Waals surface area (Å²) in [5.41, 5.74) is 1.82. The molecule has 0 aromatic heterocycles. The summed E-state index contributed by atoms with van der Waals surface area (Å²) in [5, 5.41) is 11.9. The van der Waals surface area contributed by atoms with Crippen LogP contribution in [0.15, 0.2) is 24.3 Å². The van der Waals surface area contributed by atoms with Crippen LogP contribution in [0.5, 0.6) is 0 Å². The molecule has 1 aliphatic heterocycles. The van der Waals surface area contributed by atoms with Crippen molar-refractivity contribution in [3.05, 3.63) is 35.4 Å². The number of carbonyl (C=O) groups is 2.